The number of amides is 1. The van der Waals surface area contributed by atoms with E-state index in [1.807, 2.05) is 11.4 Å². The van der Waals surface area contributed by atoms with Crippen LogP contribution in [0.2, 0.25) is 0 Å². The van der Waals surface area contributed by atoms with E-state index in [0.717, 1.165) is 14.2 Å². The third kappa shape index (κ3) is 4.40. The highest BCUT2D eigenvalue weighted by molar-refractivity contribution is 9.11. The molecule has 0 saturated carbocycles. The van der Waals surface area contributed by atoms with Gasteiger partial charge in [-0.05, 0) is 39.0 Å². The Morgan fingerprint density at radius 3 is 2.88 bits per heavy atom. The molecular formula is C10H10BrF2NOS. The average Bonchev–Trinajstić information content (AvgIpc) is 2.59. The molecule has 2 nitrogen and oxygen atoms in total. The predicted octanol–water partition coefficient (Wildman–Crippen LogP) is 3.25. The van der Waals surface area contributed by atoms with Gasteiger partial charge in [-0.15, -0.1) is 11.3 Å². The standard InChI is InChI=1S/C10H10BrF2NOS/c1-14(5-9(12)13)10(15)3-2-7-4-8(11)16-6-7/h2-4,6,9H,5H2,1H3/b3-2-. The van der Waals surface area contributed by atoms with E-state index in [2.05, 4.69) is 15.9 Å². The highest BCUT2D eigenvalue weighted by Crippen LogP contribution is 2.21. The number of hydrogen-bond acceptors (Lipinski definition) is 2. The summed E-state index contributed by atoms with van der Waals surface area (Å²) in [5.74, 6) is -0.428. The lowest BCUT2D eigenvalue weighted by Gasteiger charge is -2.13. The van der Waals surface area contributed by atoms with Crippen LogP contribution in [0.4, 0.5) is 8.78 Å². The van der Waals surface area contributed by atoms with Crippen molar-refractivity contribution in [3.8, 4) is 0 Å². The Kier molecular flexibility index (Phi) is 5.08. The van der Waals surface area contributed by atoms with Gasteiger partial charge in [0.2, 0.25) is 5.91 Å². The lowest BCUT2D eigenvalue weighted by atomic mass is 10.3. The van der Waals surface area contributed by atoms with Gasteiger partial charge in [-0.3, -0.25) is 4.79 Å². The van der Waals surface area contributed by atoms with Crippen LogP contribution in [0.1, 0.15) is 5.56 Å². The van der Waals surface area contributed by atoms with Crippen LogP contribution in [0.15, 0.2) is 21.3 Å². The fraction of sp³-hybridized carbons (Fsp3) is 0.300. The van der Waals surface area contributed by atoms with Crippen molar-refractivity contribution in [2.75, 3.05) is 13.6 Å². The first kappa shape index (κ1) is 13.3. The van der Waals surface area contributed by atoms with E-state index in [-0.39, 0.29) is 0 Å². The summed E-state index contributed by atoms with van der Waals surface area (Å²) in [4.78, 5) is 12.3. The SMILES string of the molecule is CN(CC(F)F)C(=O)/C=C\c1csc(Br)c1. The predicted molar refractivity (Wildman–Crippen MR) is 64.7 cm³/mol. The number of carbonyl (C=O) groups excluding carboxylic acids is 1. The highest BCUT2D eigenvalue weighted by Gasteiger charge is 2.11. The molecule has 0 saturated heterocycles. The van der Waals surface area contributed by atoms with E-state index < -0.39 is 18.9 Å². The molecule has 88 valence electrons. The minimum Gasteiger partial charge on any atom is -0.336 e. The van der Waals surface area contributed by atoms with E-state index in [0.29, 0.717) is 0 Å². The van der Waals surface area contributed by atoms with E-state index in [4.69, 9.17) is 0 Å². The molecule has 0 bridgehead atoms. The molecule has 0 atom stereocenters. The van der Waals surface area contributed by atoms with Gasteiger partial charge in [0.1, 0.15) is 0 Å². The Hall–Kier alpha value is -0.750. The molecule has 1 aromatic heterocycles. The monoisotopic (exact) mass is 309 g/mol. The number of likely N-dealkylation sites (N-methyl/N-ethyl adjacent to an activating group) is 1. The third-order valence-corrected chi connectivity index (χ3v) is 3.32. The van der Waals surface area contributed by atoms with Crippen molar-refractivity contribution in [2.24, 2.45) is 0 Å². The molecule has 0 N–H and O–H groups in total. The molecule has 0 aliphatic carbocycles. The van der Waals surface area contributed by atoms with E-state index >= 15 is 0 Å². The zero-order chi connectivity index (χ0) is 12.1. The van der Waals surface area contributed by atoms with Crippen molar-refractivity contribution >= 4 is 39.2 Å². The smallest absolute Gasteiger partial charge is 0.255 e. The number of alkyl halides is 2. The van der Waals surface area contributed by atoms with Gasteiger partial charge in [0.25, 0.3) is 6.43 Å². The third-order valence-electron chi connectivity index (χ3n) is 1.79. The van der Waals surface area contributed by atoms with E-state index in [1.54, 1.807) is 6.08 Å². The van der Waals surface area contributed by atoms with Crippen LogP contribution in [-0.2, 0) is 4.79 Å². The van der Waals surface area contributed by atoms with Crippen LogP contribution in [-0.4, -0.2) is 30.8 Å². The number of rotatable bonds is 4. The number of carbonyl (C=O) groups is 1. The molecule has 1 amide bonds. The largest absolute Gasteiger partial charge is 0.336 e. The van der Waals surface area contributed by atoms with Gasteiger partial charge >= 0.3 is 0 Å². The second-order valence-electron chi connectivity index (χ2n) is 3.13. The van der Waals surface area contributed by atoms with Crippen LogP contribution < -0.4 is 0 Å². The van der Waals surface area contributed by atoms with Crippen molar-refractivity contribution in [1.29, 1.82) is 0 Å². The molecule has 0 aromatic carbocycles. The van der Waals surface area contributed by atoms with E-state index in [9.17, 15) is 13.6 Å². The van der Waals surface area contributed by atoms with Gasteiger partial charge in [0.05, 0.1) is 10.3 Å². The summed E-state index contributed by atoms with van der Waals surface area (Å²) in [7, 11) is 1.35. The van der Waals surface area contributed by atoms with Crippen molar-refractivity contribution in [3.05, 3.63) is 26.9 Å². The summed E-state index contributed by atoms with van der Waals surface area (Å²) < 4.78 is 24.9. The second-order valence-corrected chi connectivity index (χ2v) is 5.42. The van der Waals surface area contributed by atoms with Gasteiger partial charge < -0.3 is 4.90 Å². The van der Waals surface area contributed by atoms with Crippen LogP contribution in [0.5, 0.6) is 0 Å². The summed E-state index contributed by atoms with van der Waals surface area (Å²) in [6.45, 7) is -0.545. The molecule has 0 spiro atoms. The molecular weight excluding hydrogens is 300 g/mol. The Bertz CT molecular complexity index is 392. The lowest BCUT2D eigenvalue weighted by molar-refractivity contribution is -0.126. The zero-order valence-electron chi connectivity index (χ0n) is 8.49. The number of halogens is 3. The van der Waals surface area contributed by atoms with Crippen molar-refractivity contribution in [2.45, 2.75) is 6.43 Å². The summed E-state index contributed by atoms with van der Waals surface area (Å²) in [6, 6.07) is 1.85. The van der Waals surface area contributed by atoms with Gasteiger partial charge in [0, 0.05) is 13.1 Å². The van der Waals surface area contributed by atoms with Gasteiger partial charge in [-0.1, -0.05) is 0 Å². The fourth-order valence-electron chi connectivity index (χ4n) is 1.00. The lowest BCUT2D eigenvalue weighted by Crippen LogP contribution is -2.29. The van der Waals surface area contributed by atoms with Crippen molar-refractivity contribution in [3.63, 3.8) is 0 Å². The zero-order valence-corrected chi connectivity index (χ0v) is 10.9. The first-order valence-electron chi connectivity index (χ1n) is 4.44. The van der Waals surface area contributed by atoms with Crippen LogP contribution in [0.3, 0.4) is 0 Å². The molecule has 16 heavy (non-hydrogen) atoms. The fourth-order valence-corrected chi connectivity index (χ4v) is 2.15. The second kappa shape index (κ2) is 6.10. The van der Waals surface area contributed by atoms with Crippen LogP contribution in [0, 0.1) is 0 Å². The molecule has 0 fully saturated rings. The van der Waals surface area contributed by atoms with Gasteiger partial charge in [-0.25, -0.2) is 8.78 Å². The molecule has 1 aromatic rings. The molecule has 0 aliphatic heterocycles. The molecule has 0 radical (unpaired) electrons. The molecule has 1 rings (SSSR count). The summed E-state index contributed by atoms with van der Waals surface area (Å²) >= 11 is 4.79. The number of nitrogens with zero attached hydrogens (tertiary/aromatic N) is 1. The summed E-state index contributed by atoms with van der Waals surface area (Å²) in [5.41, 5.74) is 0.871. The van der Waals surface area contributed by atoms with Crippen molar-refractivity contribution < 1.29 is 13.6 Å². The topological polar surface area (TPSA) is 20.3 Å². The maximum atomic E-state index is 12.0. The Morgan fingerprint density at radius 2 is 2.38 bits per heavy atom. The minimum atomic E-state index is -2.50. The normalized spacial score (nSPS) is 11.3. The molecule has 1 heterocycles. The van der Waals surface area contributed by atoms with Gasteiger partial charge in [0.15, 0.2) is 0 Å². The first-order chi connectivity index (χ1) is 7.49. The average molecular weight is 310 g/mol. The Labute approximate surface area is 105 Å². The Morgan fingerprint density at radius 1 is 1.69 bits per heavy atom. The number of hydrogen-bond donors (Lipinski definition) is 0. The van der Waals surface area contributed by atoms with Crippen LogP contribution in [0.25, 0.3) is 6.08 Å². The summed E-state index contributed by atoms with van der Waals surface area (Å²) in [6.07, 6.45) is 0.389. The maximum absolute atomic E-state index is 12.0. The van der Waals surface area contributed by atoms with E-state index in [1.165, 1.54) is 24.5 Å². The van der Waals surface area contributed by atoms with Crippen LogP contribution >= 0.6 is 27.3 Å². The first-order valence-corrected chi connectivity index (χ1v) is 6.11. The quantitative estimate of drug-likeness (QED) is 0.782. The maximum Gasteiger partial charge on any atom is 0.255 e. The molecule has 6 heteroatoms. The Balaban J connectivity index is 2.53. The molecule has 0 unspecified atom stereocenters. The van der Waals surface area contributed by atoms with Gasteiger partial charge in [-0.2, -0.15) is 0 Å². The van der Waals surface area contributed by atoms with Crippen molar-refractivity contribution in [1.82, 2.24) is 4.90 Å². The highest BCUT2D eigenvalue weighted by atomic mass is 79.9. The summed E-state index contributed by atoms with van der Waals surface area (Å²) in [5, 5.41) is 1.86. The number of thiophene rings is 1. The molecule has 0 aliphatic rings. The minimum absolute atomic E-state index is 0.428.